The highest BCUT2D eigenvalue weighted by atomic mass is 35.5. The minimum absolute atomic E-state index is 0.0292. The van der Waals surface area contributed by atoms with E-state index < -0.39 is 5.92 Å². The Hall–Kier alpha value is -3.06. The van der Waals surface area contributed by atoms with E-state index in [0.717, 1.165) is 18.4 Å². The molecule has 170 valence electrons. The van der Waals surface area contributed by atoms with Crippen molar-refractivity contribution >= 4 is 40.7 Å². The Morgan fingerprint density at radius 3 is 2.47 bits per heavy atom. The smallest absolute Gasteiger partial charge is 0.230 e. The minimum Gasteiger partial charge on any atom is -0.497 e. The Morgan fingerprint density at radius 2 is 1.88 bits per heavy atom. The zero-order valence-corrected chi connectivity index (χ0v) is 19.2. The van der Waals surface area contributed by atoms with Gasteiger partial charge in [-0.1, -0.05) is 37.1 Å². The first-order valence-corrected chi connectivity index (χ1v) is 11.0. The molecule has 2 aromatic rings. The number of carbonyl (C=O) groups is 3. The quantitative estimate of drug-likeness (QED) is 0.604. The molecule has 2 aromatic carbocycles. The summed E-state index contributed by atoms with van der Waals surface area (Å²) in [7, 11) is 1.60. The molecule has 1 aliphatic heterocycles. The average Bonchev–Trinajstić information content (AvgIpc) is 3.10. The number of amides is 3. The van der Waals surface area contributed by atoms with Gasteiger partial charge in [0.2, 0.25) is 17.7 Å². The fraction of sp³-hybridized carbons (Fsp3) is 0.375. The SMILES string of the molecule is CCCCN1C(=O)CC(C(=O)Nc2ccc(NC(C)=O)c(Cl)c2)C1c1ccc(OC)cc1. The number of nitrogens with one attached hydrogen (secondary N) is 2. The van der Waals surface area contributed by atoms with E-state index in [1.807, 2.05) is 29.2 Å². The molecule has 8 heteroatoms. The number of hydrogen-bond donors (Lipinski definition) is 2. The van der Waals surface area contributed by atoms with E-state index in [2.05, 4.69) is 17.6 Å². The van der Waals surface area contributed by atoms with Crippen LogP contribution in [-0.4, -0.2) is 36.3 Å². The molecule has 3 amide bonds. The van der Waals surface area contributed by atoms with E-state index in [1.54, 1.807) is 25.3 Å². The number of likely N-dealkylation sites (tertiary alicyclic amines) is 1. The molecule has 2 N–H and O–H groups in total. The number of rotatable bonds is 8. The van der Waals surface area contributed by atoms with Gasteiger partial charge in [-0.2, -0.15) is 0 Å². The number of benzene rings is 2. The third-order valence-corrected chi connectivity index (χ3v) is 5.84. The van der Waals surface area contributed by atoms with Gasteiger partial charge < -0.3 is 20.3 Å². The number of methoxy groups -OCH3 is 1. The molecule has 1 saturated heterocycles. The molecule has 0 radical (unpaired) electrons. The molecule has 0 saturated carbocycles. The lowest BCUT2D eigenvalue weighted by Crippen LogP contribution is -2.33. The van der Waals surface area contributed by atoms with Crippen molar-refractivity contribution in [1.29, 1.82) is 0 Å². The van der Waals surface area contributed by atoms with Gasteiger partial charge >= 0.3 is 0 Å². The minimum atomic E-state index is -0.540. The second-order valence-corrected chi connectivity index (χ2v) is 8.24. The number of unbranched alkanes of at least 4 members (excludes halogenated alkanes) is 1. The fourth-order valence-corrected chi connectivity index (χ4v) is 4.18. The van der Waals surface area contributed by atoms with Crippen molar-refractivity contribution in [3.8, 4) is 5.75 Å². The average molecular weight is 458 g/mol. The summed E-state index contributed by atoms with van der Waals surface area (Å²) in [5.74, 6) is -0.336. The summed E-state index contributed by atoms with van der Waals surface area (Å²) in [5.41, 5.74) is 1.86. The molecular weight excluding hydrogens is 430 g/mol. The fourth-order valence-electron chi connectivity index (χ4n) is 3.95. The Bertz CT molecular complexity index is 993. The van der Waals surface area contributed by atoms with E-state index >= 15 is 0 Å². The highest BCUT2D eigenvalue weighted by Gasteiger charge is 2.44. The largest absolute Gasteiger partial charge is 0.497 e. The zero-order valence-electron chi connectivity index (χ0n) is 18.5. The third kappa shape index (κ3) is 5.40. The van der Waals surface area contributed by atoms with Crippen LogP contribution in [0.15, 0.2) is 42.5 Å². The van der Waals surface area contributed by atoms with Gasteiger partial charge in [0, 0.05) is 25.6 Å². The molecule has 0 bridgehead atoms. The van der Waals surface area contributed by atoms with E-state index in [9.17, 15) is 14.4 Å². The van der Waals surface area contributed by atoms with Gasteiger partial charge in [-0.05, 0) is 42.3 Å². The molecule has 0 aromatic heterocycles. The van der Waals surface area contributed by atoms with Gasteiger partial charge in [-0.3, -0.25) is 14.4 Å². The molecule has 3 rings (SSSR count). The molecule has 0 aliphatic carbocycles. The summed E-state index contributed by atoms with van der Waals surface area (Å²) < 4.78 is 5.24. The lowest BCUT2D eigenvalue weighted by molar-refractivity contribution is -0.129. The van der Waals surface area contributed by atoms with Gasteiger partial charge in [0.1, 0.15) is 5.75 Å². The van der Waals surface area contributed by atoms with Gasteiger partial charge in [0.15, 0.2) is 0 Å². The van der Waals surface area contributed by atoms with Crippen LogP contribution in [0.3, 0.4) is 0 Å². The normalized spacial score (nSPS) is 17.9. The van der Waals surface area contributed by atoms with Crippen molar-refractivity contribution < 1.29 is 19.1 Å². The summed E-state index contributed by atoms with van der Waals surface area (Å²) in [6.07, 6.45) is 1.96. The van der Waals surface area contributed by atoms with Crippen molar-refractivity contribution in [2.45, 2.75) is 39.2 Å². The zero-order chi connectivity index (χ0) is 23.3. The highest BCUT2D eigenvalue weighted by molar-refractivity contribution is 6.34. The van der Waals surface area contributed by atoms with Crippen molar-refractivity contribution in [3.63, 3.8) is 0 Å². The number of anilines is 2. The molecule has 7 nitrogen and oxygen atoms in total. The van der Waals surface area contributed by atoms with Gasteiger partial charge in [-0.25, -0.2) is 0 Å². The Morgan fingerprint density at radius 1 is 1.16 bits per heavy atom. The van der Waals surface area contributed by atoms with Crippen molar-refractivity contribution in [2.24, 2.45) is 5.92 Å². The van der Waals surface area contributed by atoms with Crippen LogP contribution >= 0.6 is 11.6 Å². The van der Waals surface area contributed by atoms with Crippen molar-refractivity contribution in [2.75, 3.05) is 24.3 Å². The van der Waals surface area contributed by atoms with Crippen molar-refractivity contribution in [3.05, 3.63) is 53.1 Å². The summed E-state index contributed by atoms with van der Waals surface area (Å²) in [6, 6.07) is 12.0. The van der Waals surface area contributed by atoms with Crippen LogP contribution in [0.4, 0.5) is 11.4 Å². The Labute approximate surface area is 193 Å². The molecule has 2 unspecified atom stereocenters. The van der Waals surface area contributed by atoms with Gasteiger partial charge in [0.25, 0.3) is 0 Å². The molecule has 0 spiro atoms. The van der Waals surface area contributed by atoms with Gasteiger partial charge in [-0.15, -0.1) is 0 Å². The second kappa shape index (κ2) is 10.5. The second-order valence-electron chi connectivity index (χ2n) is 7.83. The van der Waals surface area contributed by atoms with E-state index in [4.69, 9.17) is 16.3 Å². The van der Waals surface area contributed by atoms with Gasteiger partial charge in [0.05, 0.1) is 29.8 Å². The number of carbonyl (C=O) groups excluding carboxylic acids is 3. The molecular formula is C24H28ClN3O4. The Kier molecular flexibility index (Phi) is 7.75. The maximum Gasteiger partial charge on any atom is 0.230 e. The number of hydrogen-bond acceptors (Lipinski definition) is 4. The van der Waals surface area contributed by atoms with Crippen LogP contribution < -0.4 is 15.4 Å². The van der Waals surface area contributed by atoms with Crippen LogP contribution in [0.5, 0.6) is 5.75 Å². The van der Waals surface area contributed by atoms with Crippen LogP contribution in [0.25, 0.3) is 0 Å². The highest BCUT2D eigenvalue weighted by Crippen LogP contribution is 2.39. The number of nitrogens with zero attached hydrogens (tertiary/aromatic N) is 1. The predicted octanol–water partition coefficient (Wildman–Crippen LogP) is 4.64. The first-order chi connectivity index (χ1) is 15.3. The molecule has 2 atom stereocenters. The van der Waals surface area contributed by atoms with Crippen molar-refractivity contribution in [1.82, 2.24) is 4.90 Å². The maximum absolute atomic E-state index is 13.2. The van der Waals surface area contributed by atoms with E-state index in [0.29, 0.717) is 28.7 Å². The van der Waals surface area contributed by atoms with E-state index in [1.165, 1.54) is 6.92 Å². The molecule has 1 fully saturated rings. The summed E-state index contributed by atoms with van der Waals surface area (Å²) >= 11 is 6.23. The molecule has 1 heterocycles. The monoisotopic (exact) mass is 457 g/mol. The molecule has 1 aliphatic rings. The Balaban J connectivity index is 1.84. The first-order valence-electron chi connectivity index (χ1n) is 10.7. The maximum atomic E-state index is 13.2. The first kappa shape index (κ1) is 23.6. The summed E-state index contributed by atoms with van der Waals surface area (Å²) in [5, 5.41) is 5.83. The van der Waals surface area contributed by atoms with Crippen LogP contribution in [0, 0.1) is 5.92 Å². The number of ether oxygens (including phenoxy) is 1. The van der Waals surface area contributed by atoms with E-state index in [-0.39, 0.29) is 30.2 Å². The van der Waals surface area contributed by atoms with Crippen LogP contribution in [0.2, 0.25) is 5.02 Å². The lowest BCUT2D eigenvalue weighted by Gasteiger charge is -2.28. The topological polar surface area (TPSA) is 87.7 Å². The third-order valence-electron chi connectivity index (χ3n) is 5.53. The standard InChI is InChI=1S/C24H28ClN3O4/c1-4-5-12-28-22(30)14-19(23(28)16-6-9-18(32-3)10-7-16)24(31)27-17-8-11-21(20(25)13-17)26-15(2)29/h6-11,13,19,23H,4-5,12,14H2,1-3H3,(H,26,29)(H,27,31). The number of halogens is 1. The lowest BCUT2D eigenvalue weighted by atomic mass is 9.92. The summed E-state index contributed by atoms with van der Waals surface area (Å²) in [4.78, 5) is 39.1. The van der Waals surface area contributed by atoms with Crippen LogP contribution in [-0.2, 0) is 14.4 Å². The van der Waals surface area contributed by atoms with Crippen LogP contribution in [0.1, 0.15) is 44.7 Å². The summed E-state index contributed by atoms with van der Waals surface area (Å²) in [6.45, 7) is 4.07. The predicted molar refractivity (Wildman–Crippen MR) is 125 cm³/mol. The molecule has 32 heavy (non-hydrogen) atoms.